The van der Waals surface area contributed by atoms with Gasteiger partial charge < -0.3 is 9.30 Å². The van der Waals surface area contributed by atoms with Crippen LogP contribution in [0.4, 0.5) is 16.2 Å². The van der Waals surface area contributed by atoms with Gasteiger partial charge in [-0.15, -0.1) is 0 Å². The van der Waals surface area contributed by atoms with Crippen molar-refractivity contribution in [3.63, 3.8) is 0 Å². The van der Waals surface area contributed by atoms with Crippen LogP contribution in [0.3, 0.4) is 0 Å². The summed E-state index contributed by atoms with van der Waals surface area (Å²) in [6.45, 7) is 3.71. The third-order valence-corrected chi connectivity index (χ3v) is 6.05. The van der Waals surface area contributed by atoms with Gasteiger partial charge in [-0.1, -0.05) is 18.2 Å². The second-order valence-electron chi connectivity index (χ2n) is 7.13. The van der Waals surface area contributed by atoms with Gasteiger partial charge in [0.05, 0.1) is 28.3 Å². The molecule has 1 aliphatic heterocycles. The highest BCUT2D eigenvalue weighted by Crippen LogP contribution is 2.37. The van der Waals surface area contributed by atoms with Crippen molar-refractivity contribution < 1.29 is 19.2 Å². The van der Waals surface area contributed by atoms with Gasteiger partial charge in [0, 0.05) is 23.5 Å². The number of para-hydroxylation sites is 1. The molecule has 3 aromatic rings. The van der Waals surface area contributed by atoms with Crippen LogP contribution in [-0.2, 0) is 4.79 Å². The number of methoxy groups -OCH3 is 1. The van der Waals surface area contributed by atoms with E-state index in [2.05, 4.69) is 0 Å². The topological polar surface area (TPSA) is 94.7 Å². The summed E-state index contributed by atoms with van der Waals surface area (Å²) in [7, 11) is 1.50. The van der Waals surface area contributed by atoms with Crippen LogP contribution in [0.2, 0.25) is 0 Å². The number of benzene rings is 2. The first-order valence-corrected chi connectivity index (χ1v) is 10.5. The van der Waals surface area contributed by atoms with Crippen LogP contribution in [0.5, 0.6) is 5.75 Å². The van der Waals surface area contributed by atoms with Gasteiger partial charge in [0.15, 0.2) is 0 Å². The largest absolute Gasteiger partial charge is 0.495 e. The molecule has 0 saturated carbocycles. The zero-order valence-corrected chi connectivity index (χ0v) is 18.4. The lowest BCUT2D eigenvalue weighted by Crippen LogP contribution is -2.27. The Kier molecular flexibility index (Phi) is 5.58. The number of hydrogen-bond acceptors (Lipinski definition) is 6. The van der Waals surface area contributed by atoms with E-state index in [1.165, 1.54) is 19.2 Å². The van der Waals surface area contributed by atoms with Crippen molar-refractivity contribution in [1.82, 2.24) is 4.57 Å². The molecule has 2 heterocycles. The van der Waals surface area contributed by atoms with E-state index in [-0.39, 0.29) is 16.8 Å². The summed E-state index contributed by atoms with van der Waals surface area (Å²) in [4.78, 5) is 37.7. The molecule has 32 heavy (non-hydrogen) atoms. The van der Waals surface area contributed by atoms with Crippen LogP contribution < -0.4 is 9.64 Å². The fraction of sp³-hybridized carbons (Fsp3) is 0.130. The predicted octanol–water partition coefficient (Wildman–Crippen LogP) is 5.25. The summed E-state index contributed by atoms with van der Waals surface area (Å²) in [5.41, 5.74) is 3.27. The number of ether oxygens (including phenoxy) is 1. The first-order valence-electron chi connectivity index (χ1n) is 9.66. The number of aryl methyl sites for hydroxylation is 1. The maximum atomic E-state index is 12.9. The zero-order valence-electron chi connectivity index (χ0n) is 17.6. The van der Waals surface area contributed by atoms with Crippen molar-refractivity contribution in [3.8, 4) is 11.4 Å². The highest BCUT2D eigenvalue weighted by molar-refractivity contribution is 8.19. The van der Waals surface area contributed by atoms with Crippen molar-refractivity contribution >= 4 is 40.4 Å². The van der Waals surface area contributed by atoms with E-state index in [0.717, 1.165) is 33.6 Å². The number of anilines is 1. The summed E-state index contributed by atoms with van der Waals surface area (Å²) in [6.07, 6.45) is 1.68. The summed E-state index contributed by atoms with van der Waals surface area (Å²) >= 11 is 0.880. The van der Waals surface area contributed by atoms with Crippen molar-refractivity contribution in [2.45, 2.75) is 13.8 Å². The van der Waals surface area contributed by atoms with E-state index < -0.39 is 4.92 Å². The highest BCUT2D eigenvalue weighted by atomic mass is 32.2. The summed E-state index contributed by atoms with van der Waals surface area (Å²) in [5, 5.41) is 10.9. The molecule has 2 amide bonds. The number of rotatable bonds is 5. The highest BCUT2D eigenvalue weighted by Gasteiger charge is 2.36. The Morgan fingerprint density at radius 1 is 1.06 bits per heavy atom. The fourth-order valence-corrected chi connectivity index (χ4v) is 4.51. The molecule has 1 aliphatic rings. The van der Waals surface area contributed by atoms with Crippen LogP contribution in [0.25, 0.3) is 11.8 Å². The van der Waals surface area contributed by atoms with Crippen molar-refractivity contribution in [2.75, 3.05) is 12.0 Å². The molecule has 9 heteroatoms. The van der Waals surface area contributed by atoms with E-state index in [0.29, 0.717) is 22.0 Å². The van der Waals surface area contributed by atoms with E-state index in [1.807, 2.05) is 30.5 Å². The second kappa shape index (κ2) is 8.35. The Morgan fingerprint density at radius 3 is 2.44 bits per heavy atom. The number of carbonyl (C=O) groups is 2. The number of amides is 2. The van der Waals surface area contributed by atoms with E-state index in [1.54, 1.807) is 36.4 Å². The standard InChI is InChI=1S/C23H19N3O5S/c1-14-11-16(12-21-22(27)25(23(28)32-21)17-7-5-4-6-8-17)15(2)24(14)19-13-18(26(29)30)9-10-20(19)31-3/h4-13H,1-3H3. The number of nitro groups is 1. The fourth-order valence-electron chi connectivity index (χ4n) is 3.68. The average Bonchev–Trinajstić information content (AvgIpc) is 3.22. The van der Waals surface area contributed by atoms with E-state index in [9.17, 15) is 19.7 Å². The lowest BCUT2D eigenvalue weighted by atomic mass is 10.2. The number of nitro benzene ring substituents is 1. The summed E-state index contributed by atoms with van der Waals surface area (Å²) in [5.74, 6) is 0.0947. The van der Waals surface area contributed by atoms with Gasteiger partial charge in [-0.05, 0) is 61.5 Å². The molecule has 0 unspecified atom stereocenters. The molecular weight excluding hydrogens is 430 g/mol. The predicted molar refractivity (Wildman–Crippen MR) is 123 cm³/mol. The van der Waals surface area contributed by atoms with Crippen molar-refractivity contribution in [3.05, 3.63) is 86.6 Å². The smallest absolute Gasteiger partial charge is 0.298 e. The number of hydrogen-bond donors (Lipinski definition) is 0. The number of aromatic nitrogens is 1. The maximum Gasteiger partial charge on any atom is 0.298 e. The van der Waals surface area contributed by atoms with Crippen LogP contribution in [-0.4, -0.2) is 27.7 Å². The lowest BCUT2D eigenvalue weighted by molar-refractivity contribution is -0.384. The molecule has 1 fully saturated rings. The molecule has 4 rings (SSSR count). The second-order valence-corrected chi connectivity index (χ2v) is 8.12. The Labute approximate surface area is 188 Å². The van der Waals surface area contributed by atoms with Gasteiger partial charge in [-0.25, -0.2) is 4.90 Å². The summed E-state index contributed by atoms with van der Waals surface area (Å²) in [6, 6.07) is 15.0. The first-order chi connectivity index (χ1) is 15.3. The minimum Gasteiger partial charge on any atom is -0.495 e. The minimum absolute atomic E-state index is 0.0566. The van der Waals surface area contributed by atoms with E-state index >= 15 is 0 Å². The maximum absolute atomic E-state index is 12.9. The van der Waals surface area contributed by atoms with E-state index in [4.69, 9.17) is 4.74 Å². The Balaban J connectivity index is 1.76. The number of thioether (sulfide) groups is 1. The molecule has 0 radical (unpaired) electrons. The average molecular weight is 449 g/mol. The Hall–Kier alpha value is -3.85. The van der Waals surface area contributed by atoms with Crippen molar-refractivity contribution in [2.24, 2.45) is 0 Å². The minimum atomic E-state index is -0.461. The van der Waals surface area contributed by atoms with Crippen LogP contribution in [0, 0.1) is 24.0 Å². The first kappa shape index (κ1) is 21.4. The van der Waals surface area contributed by atoms with Crippen molar-refractivity contribution in [1.29, 1.82) is 0 Å². The molecule has 162 valence electrons. The van der Waals surface area contributed by atoms with Gasteiger partial charge in [-0.2, -0.15) is 0 Å². The number of nitrogens with zero attached hydrogens (tertiary/aromatic N) is 3. The monoisotopic (exact) mass is 449 g/mol. The SMILES string of the molecule is COc1ccc([N+](=O)[O-])cc1-n1c(C)cc(C=C2SC(=O)N(c3ccccc3)C2=O)c1C. The molecule has 1 aromatic heterocycles. The molecular formula is C23H19N3O5S. The molecule has 0 aliphatic carbocycles. The molecule has 0 atom stereocenters. The van der Waals surface area contributed by atoms with Gasteiger partial charge in [0.25, 0.3) is 16.8 Å². The third-order valence-electron chi connectivity index (χ3n) is 5.18. The summed E-state index contributed by atoms with van der Waals surface area (Å²) < 4.78 is 7.25. The van der Waals surface area contributed by atoms with Gasteiger partial charge in [0.1, 0.15) is 5.75 Å². The molecule has 2 aromatic carbocycles. The number of carbonyl (C=O) groups excluding carboxylic acids is 2. The lowest BCUT2D eigenvalue weighted by Gasteiger charge is -2.14. The number of imide groups is 1. The molecule has 0 spiro atoms. The normalized spacial score (nSPS) is 15.0. The molecule has 8 nitrogen and oxygen atoms in total. The van der Waals surface area contributed by atoms with Crippen LogP contribution in [0.1, 0.15) is 17.0 Å². The van der Waals surface area contributed by atoms with Gasteiger partial charge in [0.2, 0.25) is 0 Å². The van der Waals surface area contributed by atoms with Gasteiger partial charge in [-0.3, -0.25) is 19.7 Å². The van der Waals surface area contributed by atoms with Crippen LogP contribution >= 0.6 is 11.8 Å². The molecule has 0 N–H and O–H groups in total. The molecule has 1 saturated heterocycles. The molecule has 0 bridgehead atoms. The van der Waals surface area contributed by atoms with Gasteiger partial charge >= 0.3 is 0 Å². The Bertz CT molecular complexity index is 1280. The van der Waals surface area contributed by atoms with Crippen LogP contribution in [0.15, 0.2) is 59.5 Å². The third kappa shape index (κ3) is 3.67. The zero-order chi connectivity index (χ0) is 23.0. The quantitative estimate of drug-likeness (QED) is 0.300. The number of non-ortho nitro benzene ring substituents is 1. The Morgan fingerprint density at radius 2 is 1.78 bits per heavy atom.